The molecule has 0 spiro atoms. The molecule has 0 aliphatic heterocycles. The van der Waals surface area contributed by atoms with Crippen LogP contribution in [0.1, 0.15) is 34.5 Å². The third-order valence-electron chi connectivity index (χ3n) is 1.38. The zero-order valence-electron chi connectivity index (χ0n) is 10.8. The van der Waals surface area contributed by atoms with Crippen LogP contribution in [0, 0.1) is 0 Å². The van der Waals surface area contributed by atoms with E-state index in [0.717, 1.165) is 0 Å². The number of hydrogen-bond acceptors (Lipinski definition) is 3. The van der Waals surface area contributed by atoms with E-state index in [2.05, 4.69) is 16.2 Å². The van der Waals surface area contributed by atoms with Crippen LogP contribution in [0.5, 0.6) is 0 Å². The quantitative estimate of drug-likeness (QED) is 0.440. The summed E-state index contributed by atoms with van der Waals surface area (Å²) in [5.41, 5.74) is 5.00. The van der Waals surface area contributed by atoms with Crippen LogP contribution < -0.4 is 35.3 Å². The minimum absolute atomic E-state index is 0. The maximum absolute atomic E-state index is 10.2. The van der Waals surface area contributed by atoms with Crippen molar-refractivity contribution in [2.75, 3.05) is 6.16 Å². The van der Waals surface area contributed by atoms with E-state index in [4.69, 9.17) is 10.8 Å². The molecule has 0 aromatic rings. The molecule has 0 bridgehead atoms. The standard InChI is InChI=1S/C5H9NO3.C4H11P.Na.H/c1-3(7)2-4(6)5(8)9;1-2-3-4-5;;/h4H,2,6H2,1H3,(H,8,9);2-5H2,1H3;;/q;;+1;-1. The molecular weight excluding hydrogens is 224 g/mol. The number of aliphatic carboxylic acids is 1. The summed E-state index contributed by atoms with van der Waals surface area (Å²) in [5.74, 6) is -1.34. The molecule has 3 N–H and O–H groups in total. The van der Waals surface area contributed by atoms with Crippen LogP contribution in [-0.2, 0) is 9.59 Å². The number of unbranched alkanes of at least 4 members (excludes halogenated alkanes) is 1. The number of rotatable bonds is 5. The summed E-state index contributed by atoms with van der Waals surface area (Å²) in [4.78, 5) is 20.2. The zero-order valence-corrected chi connectivity index (χ0v) is 13.0. The SMILES string of the molecule is CC(=O)CC(N)C(=O)O.CCCCP.[H-].[Na+]. The summed E-state index contributed by atoms with van der Waals surface area (Å²) in [5, 5.41) is 8.15. The van der Waals surface area contributed by atoms with Gasteiger partial charge >= 0.3 is 35.5 Å². The zero-order chi connectivity index (χ0) is 11.6. The Labute approximate surface area is 117 Å². The number of nitrogens with two attached hydrogens (primary N) is 1. The predicted molar refractivity (Wildman–Crippen MR) is 61.5 cm³/mol. The fourth-order valence-electron chi connectivity index (χ4n) is 0.601. The smallest absolute Gasteiger partial charge is 1.00 e. The van der Waals surface area contributed by atoms with E-state index in [-0.39, 0.29) is 43.2 Å². The molecule has 4 nitrogen and oxygen atoms in total. The third-order valence-corrected chi connectivity index (χ3v) is 1.79. The molecule has 0 saturated heterocycles. The van der Waals surface area contributed by atoms with Crippen molar-refractivity contribution < 1.29 is 45.7 Å². The van der Waals surface area contributed by atoms with Crippen molar-refractivity contribution in [3.05, 3.63) is 0 Å². The number of ketones is 1. The Morgan fingerprint density at radius 1 is 1.53 bits per heavy atom. The largest absolute Gasteiger partial charge is 1.00 e. The Kier molecular flexibility index (Phi) is 20.2. The molecule has 15 heavy (non-hydrogen) atoms. The van der Waals surface area contributed by atoms with Crippen LogP contribution in [0.15, 0.2) is 0 Å². The third kappa shape index (κ3) is 20.6. The molecule has 86 valence electrons. The van der Waals surface area contributed by atoms with Crippen LogP contribution in [0.3, 0.4) is 0 Å². The minimum atomic E-state index is -1.13. The molecular formula is C9H21NNaO3P. The van der Waals surface area contributed by atoms with Gasteiger partial charge in [-0.15, -0.1) is 9.24 Å². The van der Waals surface area contributed by atoms with Gasteiger partial charge in [-0.2, -0.15) is 0 Å². The minimum Gasteiger partial charge on any atom is -1.00 e. The van der Waals surface area contributed by atoms with Crippen LogP contribution in [0.2, 0.25) is 0 Å². The Balaban J connectivity index is -0.0000000904. The van der Waals surface area contributed by atoms with Crippen molar-refractivity contribution in [1.82, 2.24) is 0 Å². The average molecular weight is 245 g/mol. The second kappa shape index (κ2) is 14.5. The Bertz CT molecular complexity index is 182. The summed E-state index contributed by atoms with van der Waals surface area (Å²) in [6.45, 7) is 3.51. The first kappa shape index (κ1) is 20.9. The van der Waals surface area contributed by atoms with Gasteiger partial charge in [-0.3, -0.25) is 9.59 Å². The first-order chi connectivity index (χ1) is 6.45. The van der Waals surface area contributed by atoms with Crippen molar-refractivity contribution in [2.45, 2.75) is 39.2 Å². The fraction of sp³-hybridized carbons (Fsp3) is 0.778. The maximum atomic E-state index is 10.2. The molecule has 6 heteroatoms. The van der Waals surface area contributed by atoms with E-state index in [1.54, 1.807) is 0 Å². The van der Waals surface area contributed by atoms with Crippen LogP contribution in [0.4, 0.5) is 0 Å². The van der Waals surface area contributed by atoms with Gasteiger partial charge in [-0.05, 0) is 13.1 Å². The Hall–Kier alpha value is 0.530. The number of Topliss-reactive ketones (excluding diaryl/α,β-unsaturated/α-hetero) is 1. The van der Waals surface area contributed by atoms with Gasteiger partial charge < -0.3 is 12.3 Å². The molecule has 0 aromatic heterocycles. The normalized spacial score (nSPS) is 10.4. The molecule has 0 rings (SSSR count). The van der Waals surface area contributed by atoms with E-state index in [0.29, 0.717) is 0 Å². The Morgan fingerprint density at radius 3 is 2.07 bits per heavy atom. The topological polar surface area (TPSA) is 80.4 Å². The first-order valence-corrected chi connectivity index (χ1v) is 5.45. The van der Waals surface area contributed by atoms with Gasteiger partial charge in [-0.25, -0.2) is 0 Å². The molecule has 0 fully saturated rings. The van der Waals surface area contributed by atoms with Gasteiger partial charge in [0.1, 0.15) is 11.8 Å². The van der Waals surface area contributed by atoms with Gasteiger partial charge in [-0.1, -0.05) is 19.8 Å². The summed E-state index contributed by atoms with van der Waals surface area (Å²) in [6, 6.07) is -1.04. The molecule has 0 aliphatic rings. The molecule has 2 atom stereocenters. The van der Waals surface area contributed by atoms with E-state index in [9.17, 15) is 9.59 Å². The molecule has 2 unspecified atom stereocenters. The van der Waals surface area contributed by atoms with Crippen molar-refractivity contribution in [1.29, 1.82) is 0 Å². The van der Waals surface area contributed by atoms with Crippen LogP contribution >= 0.6 is 9.24 Å². The molecule has 0 heterocycles. The molecule has 0 radical (unpaired) electrons. The van der Waals surface area contributed by atoms with E-state index < -0.39 is 12.0 Å². The van der Waals surface area contributed by atoms with E-state index in [1.807, 2.05) is 0 Å². The van der Waals surface area contributed by atoms with Crippen molar-refractivity contribution in [3.63, 3.8) is 0 Å². The summed E-state index contributed by atoms with van der Waals surface area (Å²) in [7, 11) is 2.70. The number of carbonyl (C=O) groups is 2. The Morgan fingerprint density at radius 2 is 2.00 bits per heavy atom. The maximum Gasteiger partial charge on any atom is 1.00 e. The number of carboxylic acid groups (broad SMARTS) is 1. The van der Waals surface area contributed by atoms with E-state index in [1.165, 1.54) is 25.9 Å². The summed E-state index contributed by atoms with van der Waals surface area (Å²) < 4.78 is 0. The van der Waals surface area contributed by atoms with Crippen LogP contribution in [-0.4, -0.2) is 29.1 Å². The second-order valence-corrected chi connectivity index (χ2v) is 3.57. The molecule has 0 saturated carbocycles. The van der Waals surface area contributed by atoms with Gasteiger partial charge in [0.25, 0.3) is 0 Å². The van der Waals surface area contributed by atoms with Crippen molar-refractivity contribution >= 4 is 21.0 Å². The monoisotopic (exact) mass is 245 g/mol. The summed E-state index contributed by atoms with van der Waals surface area (Å²) in [6.07, 6.45) is 3.85. The van der Waals surface area contributed by atoms with Gasteiger partial charge in [0.05, 0.1) is 0 Å². The molecule has 0 aromatic carbocycles. The summed E-state index contributed by atoms with van der Waals surface area (Å²) >= 11 is 0. The van der Waals surface area contributed by atoms with Gasteiger partial charge in [0, 0.05) is 6.42 Å². The number of hydrogen-bond donors (Lipinski definition) is 2. The van der Waals surface area contributed by atoms with Gasteiger partial charge in [0.15, 0.2) is 0 Å². The van der Waals surface area contributed by atoms with Crippen molar-refractivity contribution in [2.24, 2.45) is 5.73 Å². The van der Waals surface area contributed by atoms with E-state index >= 15 is 0 Å². The number of carboxylic acids is 1. The first-order valence-electron chi connectivity index (χ1n) is 4.63. The average Bonchev–Trinajstić information content (AvgIpc) is 2.05. The number of carbonyl (C=O) groups excluding carboxylic acids is 1. The van der Waals surface area contributed by atoms with Crippen LogP contribution in [0.25, 0.3) is 0 Å². The molecule has 0 aliphatic carbocycles. The molecule has 0 amide bonds. The fourth-order valence-corrected chi connectivity index (χ4v) is 1.01. The second-order valence-electron chi connectivity index (χ2n) is 2.99. The van der Waals surface area contributed by atoms with Crippen molar-refractivity contribution in [3.8, 4) is 0 Å². The predicted octanol–water partition coefficient (Wildman–Crippen LogP) is -1.84. The van der Waals surface area contributed by atoms with Gasteiger partial charge in [0.2, 0.25) is 0 Å².